The van der Waals surface area contributed by atoms with Crippen molar-refractivity contribution in [2.45, 2.75) is 19.9 Å². The Morgan fingerprint density at radius 1 is 1.30 bits per heavy atom. The first-order valence-corrected chi connectivity index (χ1v) is 7.03. The van der Waals surface area contributed by atoms with Crippen LogP contribution in [0.15, 0.2) is 36.5 Å². The molecule has 0 fully saturated rings. The zero-order chi connectivity index (χ0) is 14.5. The van der Waals surface area contributed by atoms with Crippen molar-refractivity contribution in [1.29, 1.82) is 0 Å². The smallest absolute Gasteiger partial charge is 0.124 e. The molecule has 20 heavy (non-hydrogen) atoms. The molecule has 0 spiro atoms. The van der Waals surface area contributed by atoms with Crippen molar-refractivity contribution < 1.29 is 4.74 Å². The maximum Gasteiger partial charge on any atom is 0.124 e. The first kappa shape index (κ1) is 14.8. The van der Waals surface area contributed by atoms with Crippen LogP contribution in [0.25, 0.3) is 0 Å². The average Bonchev–Trinajstić information content (AvgIpc) is 2.46. The van der Waals surface area contributed by atoms with Crippen molar-refractivity contribution in [3.63, 3.8) is 0 Å². The molecule has 0 saturated carbocycles. The zero-order valence-electron chi connectivity index (χ0n) is 12.0. The molecule has 0 aliphatic carbocycles. The number of benzene rings is 1. The minimum Gasteiger partial charge on any atom is -0.496 e. The van der Waals surface area contributed by atoms with Crippen LogP contribution < -0.4 is 10.1 Å². The van der Waals surface area contributed by atoms with E-state index in [4.69, 9.17) is 16.3 Å². The molecule has 2 aromatic rings. The van der Waals surface area contributed by atoms with E-state index in [0.29, 0.717) is 5.02 Å². The van der Waals surface area contributed by atoms with E-state index in [9.17, 15) is 0 Å². The summed E-state index contributed by atoms with van der Waals surface area (Å²) in [5.41, 5.74) is 3.12. The predicted molar refractivity (Wildman–Crippen MR) is 82.5 cm³/mol. The summed E-state index contributed by atoms with van der Waals surface area (Å²) in [4.78, 5) is 4.37. The fourth-order valence-corrected chi connectivity index (χ4v) is 2.37. The van der Waals surface area contributed by atoms with Crippen molar-refractivity contribution in [3.05, 3.63) is 58.4 Å². The normalized spacial score (nSPS) is 12.2. The Morgan fingerprint density at radius 2 is 2.10 bits per heavy atom. The summed E-state index contributed by atoms with van der Waals surface area (Å²) in [6.45, 7) is 4.89. The quantitative estimate of drug-likeness (QED) is 0.910. The third kappa shape index (κ3) is 3.30. The summed E-state index contributed by atoms with van der Waals surface area (Å²) in [6.07, 6.45) is 1.89. The molecular formula is C16H19ClN2O. The van der Waals surface area contributed by atoms with Gasteiger partial charge in [0.15, 0.2) is 0 Å². The number of nitrogens with one attached hydrogen (secondary N) is 1. The fraction of sp³-hybridized carbons (Fsp3) is 0.312. The molecule has 1 heterocycles. The van der Waals surface area contributed by atoms with Gasteiger partial charge >= 0.3 is 0 Å². The van der Waals surface area contributed by atoms with Gasteiger partial charge < -0.3 is 10.1 Å². The molecule has 1 aromatic heterocycles. The lowest BCUT2D eigenvalue weighted by molar-refractivity contribution is 0.404. The van der Waals surface area contributed by atoms with Crippen molar-refractivity contribution >= 4 is 11.6 Å². The van der Waals surface area contributed by atoms with Crippen LogP contribution in [0.1, 0.15) is 29.8 Å². The highest BCUT2D eigenvalue weighted by Gasteiger charge is 2.18. The molecule has 2 rings (SSSR count). The highest BCUT2D eigenvalue weighted by atomic mass is 35.5. The highest BCUT2D eigenvalue weighted by molar-refractivity contribution is 6.30. The molecule has 1 atom stereocenters. The number of hydrogen-bond acceptors (Lipinski definition) is 3. The van der Waals surface area contributed by atoms with E-state index in [1.165, 1.54) is 0 Å². The van der Waals surface area contributed by atoms with Crippen LogP contribution in [0.3, 0.4) is 0 Å². The van der Waals surface area contributed by atoms with E-state index in [2.05, 4.69) is 23.3 Å². The standard InChI is InChI=1S/C16H19ClN2O/c1-4-18-16(12-6-5-11(2)19-10-12)14-9-13(17)7-8-15(14)20-3/h5-10,16,18H,4H2,1-3H3. The second-order valence-corrected chi connectivity index (χ2v) is 5.05. The molecule has 0 bridgehead atoms. The van der Waals surface area contributed by atoms with Crippen molar-refractivity contribution in [3.8, 4) is 5.75 Å². The number of hydrogen-bond donors (Lipinski definition) is 1. The Balaban J connectivity index is 2.47. The van der Waals surface area contributed by atoms with Gasteiger partial charge in [-0.15, -0.1) is 0 Å². The number of pyridine rings is 1. The Hall–Kier alpha value is -1.58. The number of methoxy groups -OCH3 is 1. The van der Waals surface area contributed by atoms with E-state index < -0.39 is 0 Å². The Labute approximate surface area is 124 Å². The molecule has 106 valence electrons. The number of aryl methyl sites for hydroxylation is 1. The number of ether oxygens (including phenoxy) is 1. The van der Waals surface area contributed by atoms with Gasteiger partial charge in [-0.1, -0.05) is 24.6 Å². The Bertz CT molecular complexity index is 569. The largest absolute Gasteiger partial charge is 0.496 e. The fourth-order valence-electron chi connectivity index (χ4n) is 2.19. The molecule has 0 aliphatic rings. The maximum atomic E-state index is 6.13. The molecule has 1 aromatic carbocycles. The molecule has 4 heteroatoms. The van der Waals surface area contributed by atoms with Gasteiger partial charge in [0, 0.05) is 22.5 Å². The van der Waals surface area contributed by atoms with Gasteiger partial charge in [-0.05, 0) is 43.3 Å². The van der Waals surface area contributed by atoms with E-state index in [0.717, 1.165) is 29.1 Å². The van der Waals surface area contributed by atoms with E-state index in [-0.39, 0.29) is 6.04 Å². The number of aromatic nitrogens is 1. The second-order valence-electron chi connectivity index (χ2n) is 4.61. The lowest BCUT2D eigenvalue weighted by Gasteiger charge is -2.21. The second kappa shape index (κ2) is 6.73. The van der Waals surface area contributed by atoms with Crippen molar-refractivity contribution in [1.82, 2.24) is 10.3 Å². The van der Waals surface area contributed by atoms with Gasteiger partial charge in [0.05, 0.1) is 13.2 Å². The average molecular weight is 291 g/mol. The van der Waals surface area contributed by atoms with Gasteiger partial charge in [0.25, 0.3) is 0 Å². The third-order valence-corrected chi connectivity index (χ3v) is 3.41. The molecule has 1 unspecified atom stereocenters. The SMILES string of the molecule is CCNC(c1ccc(C)nc1)c1cc(Cl)ccc1OC. The minimum atomic E-state index is 0.0155. The predicted octanol–water partition coefficient (Wildman–Crippen LogP) is 3.75. The Morgan fingerprint density at radius 3 is 2.70 bits per heavy atom. The summed E-state index contributed by atoms with van der Waals surface area (Å²) >= 11 is 6.13. The van der Waals surface area contributed by atoms with Gasteiger partial charge in [0.2, 0.25) is 0 Å². The molecule has 0 aliphatic heterocycles. The van der Waals surface area contributed by atoms with Crippen molar-refractivity contribution in [2.24, 2.45) is 0 Å². The van der Waals surface area contributed by atoms with Crippen LogP contribution in [0.2, 0.25) is 5.02 Å². The van der Waals surface area contributed by atoms with Crippen LogP contribution in [0, 0.1) is 6.92 Å². The molecular weight excluding hydrogens is 272 g/mol. The maximum absolute atomic E-state index is 6.13. The summed E-state index contributed by atoms with van der Waals surface area (Å²) < 4.78 is 5.45. The minimum absolute atomic E-state index is 0.0155. The topological polar surface area (TPSA) is 34.2 Å². The van der Waals surface area contributed by atoms with Crippen LogP contribution in [-0.4, -0.2) is 18.6 Å². The molecule has 0 radical (unpaired) electrons. The van der Waals surface area contributed by atoms with Crippen LogP contribution in [0.5, 0.6) is 5.75 Å². The third-order valence-electron chi connectivity index (χ3n) is 3.18. The Kier molecular flexibility index (Phi) is 4.99. The first-order chi connectivity index (χ1) is 9.65. The number of rotatable bonds is 5. The molecule has 1 N–H and O–H groups in total. The van der Waals surface area contributed by atoms with Gasteiger partial charge in [-0.25, -0.2) is 0 Å². The summed E-state index contributed by atoms with van der Waals surface area (Å²) in [5.74, 6) is 0.820. The van der Waals surface area contributed by atoms with Gasteiger partial charge in [0.1, 0.15) is 5.75 Å². The van der Waals surface area contributed by atoms with Crippen LogP contribution in [0.4, 0.5) is 0 Å². The first-order valence-electron chi connectivity index (χ1n) is 6.65. The lowest BCUT2D eigenvalue weighted by Crippen LogP contribution is -2.22. The van der Waals surface area contributed by atoms with Crippen LogP contribution >= 0.6 is 11.6 Å². The lowest BCUT2D eigenvalue weighted by atomic mass is 9.99. The van der Waals surface area contributed by atoms with Gasteiger partial charge in [-0.3, -0.25) is 4.98 Å². The summed E-state index contributed by atoms with van der Waals surface area (Å²) in [7, 11) is 1.67. The zero-order valence-corrected chi connectivity index (χ0v) is 12.7. The van der Waals surface area contributed by atoms with E-state index in [1.54, 1.807) is 7.11 Å². The summed E-state index contributed by atoms with van der Waals surface area (Å²) in [5, 5.41) is 4.16. The van der Waals surface area contributed by atoms with E-state index in [1.807, 2.05) is 37.4 Å². The number of halogens is 1. The van der Waals surface area contributed by atoms with Crippen LogP contribution in [-0.2, 0) is 0 Å². The summed E-state index contributed by atoms with van der Waals surface area (Å²) in [6, 6.07) is 9.77. The van der Waals surface area contributed by atoms with Gasteiger partial charge in [-0.2, -0.15) is 0 Å². The molecule has 3 nitrogen and oxygen atoms in total. The number of nitrogens with zero attached hydrogens (tertiary/aromatic N) is 1. The van der Waals surface area contributed by atoms with Crippen molar-refractivity contribution in [2.75, 3.05) is 13.7 Å². The highest BCUT2D eigenvalue weighted by Crippen LogP contribution is 2.32. The monoisotopic (exact) mass is 290 g/mol. The van der Waals surface area contributed by atoms with E-state index >= 15 is 0 Å². The molecule has 0 saturated heterocycles. The molecule has 0 amide bonds.